The molecule has 45 heavy (non-hydrogen) atoms. The van der Waals surface area contributed by atoms with Crippen molar-refractivity contribution in [1.29, 1.82) is 0 Å². The number of hydrogen-bond acceptors (Lipinski definition) is 2. The molecule has 2 nitrogen and oxygen atoms in total. The topological polar surface area (TPSA) is 16.4 Å². The Balaban J connectivity index is 1.32. The van der Waals surface area contributed by atoms with Crippen LogP contribution in [0, 0.1) is 0 Å². The zero-order chi connectivity index (χ0) is 30.1. The van der Waals surface area contributed by atoms with Gasteiger partial charge in [-0.2, -0.15) is 0 Å². The van der Waals surface area contributed by atoms with Crippen molar-refractivity contribution in [2.24, 2.45) is 0 Å². The average molecular weight is 594 g/mol. The van der Waals surface area contributed by atoms with Gasteiger partial charge in [0.1, 0.15) is 11.2 Å². The number of anilines is 3. The normalized spacial score (nSPS) is 11.6. The highest BCUT2D eigenvalue weighted by molar-refractivity contribution is 7.19. The fraction of sp³-hybridized carbons (Fsp3) is 0. The van der Waals surface area contributed by atoms with Gasteiger partial charge in [-0.05, 0) is 69.3 Å². The molecule has 0 N–H and O–H groups in total. The van der Waals surface area contributed by atoms with Gasteiger partial charge in [-0.1, -0.05) is 140 Å². The van der Waals surface area contributed by atoms with Crippen molar-refractivity contribution in [3.8, 4) is 0 Å². The summed E-state index contributed by atoms with van der Waals surface area (Å²) in [7, 11) is -2.60. The van der Waals surface area contributed by atoms with Gasteiger partial charge in [0, 0.05) is 27.8 Å². The molecule has 8 aromatic rings. The summed E-state index contributed by atoms with van der Waals surface area (Å²) in [4.78, 5) is 2.34. The lowest BCUT2D eigenvalue weighted by atomic mass is 10.1. The van der Waals surface area contributed by atoms with Gasteiger partial charge in [0.2, 0.25) is 0 Å². The van der Waals surface area contributed by atoms with Crippen LogP contribution in [-0.4, -0.2) is 8.07 Å². The Hall–Kier alpha value is -5.64. The maximum absolute atomic E-state index is 6.16. The summed E-state index contributed by atoms with van der Waals surface area (Å²) < 4.78 is 6.16. The first-order valence-electron chi connectivity index (χ1n) is 15.4. The third kappa shape index (κ3) is 4.66. The van der Waals surface area contributed by atoms with E-state index in [0.717, 1.165) is 39.0 Å². The molecule has 8 rings (SSSR count). The van der Waals surface area contributed by atoms with Gasteiger partial charge in [-0.25, -0.2) is 0 Å². The number of fused-ring (bicyclic) bond motifs is 3. The number of hydrogen-bond donors (Lipinski definition) is 0. The van der Waals surface area contributed by atoms with E-state index in [1.54, 1.807) is 0 Å². The Labute approximate surface area is 264 Å². The van der Waals surface area contributed by atoms with Gasteiger partial charge in [0.05, 0.1) is 0 Å². The maximum Gasteiger partial charge on any atom is 0.179 e. The highest BCUT2D eigenvalue weighted by atomic mass is 28.3. The second-order valence-corrected chi connectivity index (χ2v) is 15.2. The molecule has 0 saturated heterocycles. The summed E-state index contributed by atoms with van der Waals surface area (Å²) >= 11 is 0. The van der Waals surface area contributed by atoms with E-state index in [1.165, 1.54) is 20.7 Å². The minimum absolute atomic E-state index is 0.896. The van der Waals surface area contributed by atoms with E-state index in [1.807, 2.05) is 12.1 Å². The zero-order valence-corrected chi connectivity index (χ0v) is 25.8. The predicted octanol–water partition coefficient (Wildman–Crippen LogP) is 8.43. The summed E-state index contributed by atoms with van der Waals surface area (Å²) in [5, 5.41) is 7.69. The van der Waals surface area contributed by atoms with Crippen LogP contribution in [0.4, 0.5) is 17.1 Å². The molecule has 0 saturated carbocycles. The van der Waals surface area contributed by atoms with Crippen LogP contribution in [0.1, 0.15) is 0 Å². The molecule has 0 spiro atoms. The first-order chi connectivity index (χ1) is 22.3. The van der Waals surface area contributed by atoms with Crippen LogP contribution in [0.25, 0.3) is 21.9 Å². The van der Waals surface area contributed by atoms with Crippen LogP contribution >= 0.6 is 0 Å². The number of rotatable bonds is 7. The molecular weight excluding hydrogens is 563 g/mol. The molecule has 0 atom stereocenters. The quantitative estimate of drug-likeness (QED) is 0.136. The number of benzene rings is 7. The van der Waals surface area contributed by atoms with Crippen molar-refractivity contribution in [2.75, 3.05) is 4.90 Å². The Morgan fingerprint density at radius 3 is 1.33 bits per heavy atom. The summed E-state index contributed by atoms with van der Waals surface area (Å²) in [6.45, 7) is 0. The fourth-order valence-electron chi connectivity index (χ4n) is 6.80. The molecule has 0 radical (unpaired) electrons. The zero-order valence-electron chi connectivity index (χ0n) is 24.8. The molecule has 1 heterocycles. The second kappa shape index (κ2) is 11.5. The maximum atomic E-state index is 6.16. The van der Waals surface area contributed by atoms with E-state index < -0.39 is 8.07 Å². The third-order valence-electron chi connectivity index (χ3n) is 8.81. The van der Waals surface area contributed by atoms with Crippen molar-refractivity contribution in [2.45, 2.75) is 0 Å². The van der Waals surface area contributed by atoms with Gasteiger partial charge < -0.3 is 9.32 Å². The van der Waals surface area contributed by atoms with Crippen LogP contribution in [0.2, 0.25) is 0 Å². The molecule has 0 bridgehead atoms. The summed E-state index contributed by atoms with van der Waals surface area (Å²) in [6.07, 6.45) is 0. The van der Waals surface area contributed by atoms with E-state index in [2.05, 4.69) is 181 Å². The standard InChI is InChI=1S/C42H31NOSi/c1-5-15-32(16-6-1)43(34-27-30-42-40(31-34)39-23-13-14-24-41(39)44-42)33-25-28-38(29-26-33)45(35-17-7-2-8-18-35,36-19-9-3-10-20-36)37-21-11-4-12-22-37/h1-31H. The first-order valence-corrected chi connectivity index (χ1v) is 17.4. The minimum Gasteiger partial charge on any atom is -0.456 e. The average Bonchev–Trinajstić information content (AvgIpc) is 3.49. The van der Waals surface area contributed by atoms with Gasteiger partial charge in [0.15, 0.2) is 8.07 Å². The Bertz CT molecular complexity index is 2100. The Kier molecular flexibility index (Phi) is 6.86. The van der Waals surface area contributed by atoms with Gasteiger partial charge >= 0.3 is 0 Å². The lowest BCUT2D eigenvalue weighted by molar-refractivity contribution is 0.669. The molecule has 7 aromatic carbocycles. The molecule has 1 aromatic heterocycles. The van der Waals surface area contributed by atoms with Crippen molar-refractivity contribution < 1.29 is 4.42 Å². The summed E-state index contributed by atoms with van der Waals surface area (Å²) in [5.74, 6) is 0. The molecule has 0 aliphatic heterocycles. The molecule has 3 heteroatoms. The van der Waals surface area contributed by atoms with Crippen molar-refractivity contribution >= 4 is 67.8 Å². The van der Waals surface area contributed by atoms with E-state index >= 15 is 0 Å². The summed E-state index contributed by atoms with van der Waals surface area (Å²) in [5.41, 5.74) is 5.10. The first kappa shape index (κ1) is 26.9. The van der Waals surface area contributed by atoms with Crippen LogP contribution in [-0.2, 0) is 0 Å². The minimum atomic E-state index is -2.60. The lowest BCUT2D eigenvalue weighted by Gasteiger charge is -2.35. The fourth-order valence-corrected chi connectivity index (χ4v) is 11.5. The highest BCUT2D eigenvalue weighted by Gasteiger charge is 2.41. The number of para-hydroxylation sites is 2. The van der Waals surface area contributed by atoms with Crippen LogP contribution in [0.15, 0.2) is 192 Å². The van der Waals surface area contributed by atoms with E-state index in [9.17, 15) is 0 Å². The smallest absolute Gasteiger partial charge is 0.179 e. The SMILES string of the molecule is c1ccc(N(c2ccc([Si](c3ccccc3)(c3ccccc3)c3ccccc3)cc2)c2ccc3oc4ccccc4c3c2)cc1. The van der Waals surface area contributed by atoms with E-state index in [0.29, 0.717) is 0 Å². The molecule has 0 unspecified atom stereocenters. The van der Waals surface area contributed by atoms with Crippen LogP contribution in [0.5, 0.6) is 0 Å². The largest absolute Gasteiger partial charge is 0.456 e. The third-order valence-corrected chi connectivity index (χ3v) is 13.6. The van der Waals surface area contributed by atoms with Crippen molar-refractivity contribution in [1.82, 2.24) is 0 Å². The van der Waals surface area contributed by atoms with Gasteiger partial charge in [-0.15, -0.1) is 0 Å². The van der Waals surface area contributed by atoms with E-state index in [4.69, 9.17) is 4.42 Å². The van der Waals surface area contributed by atoms with Gasteiger partial charge in [0.25, 0.3) is 0 Å². The molecule has 0 fully saturated rings. The Morgan fingerprint density at radius 2 is 0.756 bits per heavy atom. The summed E-state index contributed by atoms with van der Waals surface area (Å²) in [6, 6.07) is 67.8. The van der Waals surface area contributed by atoms with Crippen LogP contribution < -0.4 is 25.6 Å². The number of furan rings is 1. The predicted molar refractivity (Wildman–Crippen MR) is 192 cm³/mol. The monoisotopic (exact) mass is 593 g/mol. The molecule has 0 aliphatic carbocycles. The number of nitrogens with zero attached hydrogens (tertiary/aromatic N) is 1. The van der Waals surface area contributed by atoms with Gasteiger partial charge in [-0.3, -0.25) is 0 Å². The lowest BCUT2D eigenvalue weighted by Crippen LogP contribution is -2.74. The molecule has 0 amide bonds. The van der Waals surface area contributed by atoms with Crippen molar-refractivity contribution in [3.05, 3.63) is 188 Å². The second-order valence-electron chi connectivity index (χ2n) is 11.3. The Morgan fingerprint density at radius 1 is 0.333 bits per heavy atom. The van der Waals surface area contributed by atoms with E-state index in [-0.39, 0.29) is 0 Å². The highest BCUT2D eigenvalue weighted by Crippen LogP contribution is 2.38. The molecule has 214 valence electrons. The van der Waals surface area contributed by atoms with Crippen LogP contribution in [0.3, 0.4) is 0 Å². The molecular formula is C42H31NOSi. The van der Waals surface area contributed by atoms with Crippen molar-refractivity contribution in [3.63, 3.8) is 0 Å². The molecule has 0 aliphatic rings.